The molecule has 1 aliphatic heterocycles. The van der Waals surface area contributed by atoms with Gasteiger partial charge in [0.15, 0.2) is 6.29 Å². The fourth-order valence-electron chi connectivity index (χ4n) is 1.61. The molecule has 2 rings (SSSR count). The van der Waals surface area contributed by atoms with Gasteiger partial charge in [-0.25, -0.2) is 0 Å². The summed E-state index contributed by atoms with van der Waals surface area (Å²) in [5, 5.41) is 0. The molecule has 0 spiro atoms. The molecule has 1 aliphatic carbocycles. The molecule has 0 N–H and O–H groups in total. The number of ether oxygens (including phenoxy) is 2. The van der Waals surface area contributed by atoms with E-state index >= 15 is 0 Å². The predicted octanol–water partition coefficient (Wildman–Crippen LogP) is 1.55. The lowest BCUT2D eigenvalue weighted by molar-refractivity contribution is -0.166. The Balaban J connectivity index is 1.77. The van der Waals surface area contributed by atoms with Crippen LogP contribution in [0.5, 0.6) is 0 Å². The van der Waals surface area contributed by atoms with Crippen molar-refractivity contribution in [2.45, 2.75) is 38.6 Å². The van der Waals surface area contributed by atoms with Crippen LogP contribution in [0.4, 0.5) is 0 Å². The van der Waals surface area contributed by atoms with Crippen LogP contribution in [-0.2, 0) is 9.47 Å². The molecule has 3 atom stereocenters. The largest absolute Gasteiger partial charge is 0.353 e. The Labute approximate surface area is 61.5 Å². The molecule has 1 saturated heterocycles. The molecule has 1 saturated carbocycles. The van der Waals surface area contributed by atoms with E-state index in [-0.39, 0.29) is 6.29 Å². The summed E-state index contributed by atoms with van der Waals surface area (Å²) in [5.74, 6) is 0.886. The fourth-order valence-corrected chi connectivity index (χ4v) is 1.61. The van der Waals surface area contributed by atoms with Crippen LogP contribution in [0.15, 0.2) is 0 Å². The van der Waals surface area contributed by atoms with E-state index in [4.69, 9.17) is 9.47 Å². The van der Waals surface area contributed by atoms with Gasteiger partial charge in [0, 0.05) is 6.61 Å². The van der Waals surface area contributed by atoms with Crippen LogP contribution < -0.4 is 0 Å². The van der Waals surface area contributed by atoms with Crippen molar-refractivity contribution in [2.24, 2.45) is 5.92 Å². The van der Waals surface area contributed by atoms with Crippen molar-refractivity contribution >= 4 is 0 Å². The Hall–Kier alpha value is -0.0800. The lowest BCUT2D eigenvalue weighted by atomic mass is 10.2. The zero-order chi connectivity index (χ0) is 6.97. The van der Waals surface area contributed by atoms with Crippen molar-refractivity contribution in [3.8, 4) is 0 Å². The zero-order valence-electron chi connectivity index (χ0n) is 6.38. The second kappa shape index (κ2) is 2.51. The summed E-state index contributed by atoms with van der Waals surface area (Å²) in [6, 6.07) is 0. The Morgan fingerprint density at radius 3 is 3.10 bits per heavy atom. The molecule has 0 bridgehead atoms. The van der Waals surface area contributed by atoms with E-state index in [1.54, 1.807) is 0 Å². The quantitative estimate of drug-likeness (QED) is 0.582. The Morgan fingerprint density at radius 1 is 1.50 bits per heavy atom. The Bertz CT molecular complexity index is 124. The molecule has 2 heteroatoms. The van der Waals surface area contributed by atoms with Crippen molar-refractivity contribution in [1.82, 2.24) is 0 Å². The van der Waals surface area contributed by atoms with Crippen LogP contribution >= 0.6 is 0 Å². The minimum atomic E-state index is 0.119. The van der Waals surface area contributed by atoms with Gasteiger partial charge in [-0.3, -0.25) is 0 Å². The average molecular weight is 142 g/mol. The highest BCUT2D eigenvalue weighted by Gasteiger charge is 2.43. The van der Waals surface area contributed by atoms with Gasteiger partial charge in [0.05, 0.1) is 6.10 Å². The second-order valence-electron chi connectivity index (χ2n) is 3.13. The summed E-state index contributed by atoms with van der Waals surface area (Å²) in [6.45, 7) is 2.80. The fraction of sp³-hybridized carbons (Fsp3) is 1.00. The smallest absolute Gasteiger partial charge is 0.157 e. The molecule has 1 heterocycles. The lowest BCUT2D eigenvalue weighted by Crippen LogP contribution is -2.23. The summed E-state index contributed by atoms with van der Waals surface area (Å²) >= 11 is 0. The van der Waals surface area contributed by atoms with Gasteiger partial charge in [0.2, 0.25) is 0 Å². The van der Waals surface area contributed by atoms with Crippen LogP contribution in [0.1, 0.15) is 26.2 Å². The first-order valence-electron chi connectivity index (χ1n) is 4.17. The number of fused-ring (bicyclic) bond motifs is 1. The van der Waals surface area contributed by atoms with Gasteiger partial charge in [-0.1, -0.05) is 0 Å². The lowest BCUT2D eigenvalue weighted by Gasteiger charge is -2.21. The van der Waals surface area contributed by atoms with E-state index in [1.165, 1.54) is 12.8 Å². The van der Waals surface area contributed by atoms with Gasteiger partial charge in [0.25, 0.3) is 0 Å². The first-order valence-corrected chi connectivity index (χ1v) is 4.17. The monoisotopic (exact) mass is 142 g/mol. The molecule has 0 aromatic carbocycles. The highest BCUT2D eigenvalue weighted by molar-refractivity contribution is 4.90. The van der Waals surface area contributed by atoms with E-state index in [0.717, 1.165) is 18.9 Å². The summed E-state index contributed by atoms with van der Waals surface area (Å²) in [4.78, 5) is 0. The minimum Gasteiger partial charge on any atom is -0.353 e. The first-order chi connectivity index (χ1) is 4.90. The number of hydrogen-bond acceptors (Lipinski definition) is 2. The van der Waals surface area contributed by atoms with Crippen molar-refractivity contribution in [3.63, 3.8) is 0 Å². The van der Waals surface area contributed by atoms with Gasteiger partial charge in [-0.05, 0) is 32.1 Å². The van der Waals surface area contributed by atoms with Crippen LogP contribution in [-0.4, -0.2) is 19.0 Å². The molecule has 0 aromatic heterocycles. The van der Waals surface area contributed by atoms with Crippen LogP contribution in [0.25, 0.3) is 0 Å². The van der Waals surface area contributed by atoms with Crippen molar-refractivity contribution in [2.75, 3.05) is 6.61 Å². The summed E-state index contributed by atoms with van der Waals surface area (Å²) in [7, 11) is 0. The van der Waals surface area contributed by atoms with Crippen molar-refractivity contribution in [1.29, 1.82) is 0 Å². The number of rotatable bonds is 2. The highest BCUT2D eigenvalue weighted by atomic mass is 16.7. The van der Waals surface area contributed by atoms with Crippen LogP contribution in [0.3, 0.4) is 0 Å². The van der Waals surface area contributed by atoms with E-state index in [9.17, 15) is 0 Å². The second-order valence-corrected chi connectivity index (χ2v) is 3.13. The van der Waals surface area contributed by atoms with Gasteiger partial charge in [-0.2, -0.15) is 0 Å². The summed E-state index contributed by atoms with van der Waals surface area (Å²) < 4.78 is 10.9. The SMILES string of the molecule is CCOC1CCC2CC2O1. The van der Waals surface area contributed by atoms with Crippen LogP contribution in [0, 0.1) is 5.92 Å². The third-order valence-electron chi connectivity index (χ3n) is 2.31. The summed E-state index contributed by atoms with van der Waals surface area (Å²) in [5.41, 5.74) is 0. The van der Waals surface area contributed by atoms with Gasteiger partial charge in [0.1, 0.15) is 0 Å². The van der Waals surface area contributed by atoms with Crippen LogP contribution in [0.2, 0.25) is 0 Å². The van der Waals surface area contributed by atoms with E-state index in [0.29, 0.717) is 6.10 Å². The molecule has 2 fully saturated rings. The molecule has 58 valence electrons. The maximum absolute atomic E-state index is 5.58. The maximum atomic E-state index is 5.58. The van der Waals surface area contributed by atoms with Crippen molar-refractivity contribution in [3.05, 3.63) is 0 Å². The van der Waals surface area contributed by atoms with Gasteiger partial charge in [-0.15, -0.1) is 0 Å². The molecular formula is C8H14O2. The predicted molar refractivity (Wildman–Crippen MR) is 37.6 cm³/mol. The van der Waals surface area contributed by atoms with Gasteiger partial charge >= 0.3 is 0 Å². The Kier molecular flexibility index (Phi) is 1.66. The minimum absolute atomic E-state index is 0.119. The Morgan fingerprint density at radius 2 is 2.40 bits per heavy atom. The third kappa shape index (κ3) is 1.18. The molecule has 2 aliphatic rings. The van der Waals surface area contributed by atoms with E-state index in [2.05, 4.69) is 0 Å². The molecule has 0 radical (unpaired) electrons. The molecule has 2 nitrogen and oxygen atoms in total. The molecule has 0 aromatic rings. The van der Waals surface area contributed by atoms with Gasteiger partial charge < -0.3 is 9.47 Å². The van der Waals surface area contributed by atoms with E-state index < -0.39 is 0 Å². The average Bonchev–Trinajstić information content (AvgIpc) is 2.66. The summed E-state index contributed by atoms with van der Waals surface area (Å²) in [6.07, 6.45) is 4.38. The zero-order valence-corrected chi connectivity index (χ0v) is 6.38. The van der Waals surface area contributed by atoms with E-state index in [1.807, 2.05) is 6.92 Å². The molecule has 10 heavy (non-hydrogen) atoms. The number of hydrogen-bond donors (Lipinski definition) is 0. The molecule has 3 unspecified atom stereocenters. The topological polar surface area (TPSA) is 18.5 Å². The normalized spacial score (nSPS) is 44.7. The molecule has 0 amide bonds. The maximum Gasteiger partial charge on any atom is 0.157 e. The standard InChI is InChI=1S/C8H14O2/c1-2-9-8-4-3-6-5-7(6)10-8/h6-8H,2-5H2,1H3. The third-order valence-corrected chi connectivity index (χ3v) is 2.31. The van der Waals surface area contributed by atoms with Crippen molar-refractivity contribution < 1.29 is 9.47 Å². The molecular weight excluding hydrogens is 128 g/mol. The highest BCUT2D eigenvalue weighted by Crippen LogP contribution is 2.43. The first kappa shape index (κ1) is 6.62.